The summed E-state index contributed by atoms with van der Waals surface area (Å²) >= 11 is 0. The van der Waals surface area contributed by atoms with Crippen molar-refractivity contribution in [1.29, 1.82) is 0 Å². The van der Waals surface area contributed by atoms with Crippen LogP contribution in [0.3, 0.4) is 0 Å². The van der Waals surface area contributed by atoms with Crippen LogP contribution in [0.25, 0.3) is 10.9 Å². The fraction of sp³-hybridized carbons (Fsp3) is 0.400. The first-order valence-electron chi connectivity index (χ1n) is 6.51. The lowest BCUT2D eigenvalue weighted by molar-refractivity contribution is -0.138. The van der Waals surface area contributed by atoms with Crippen LogP contribution in [0.5, 0.6) is 0 Å². The van der Waals surface area contributed by atoms with Crippen molar-refractivity contribution in [3.05, 3.63) is 36.0 Å². The van der Waals surface area contributed by atoms with Gasteiger partial charge >= 0.3 is 5.97 Å². The second kappa shape index (κ2) is 4.16. The summed E-state index contributed by atoms with van der Waals surface area (Å²) in [5.74, 6) is -1.20. The lowest BCUT2D eigenvalue weighted by Gasteiger charge is -2.30. The molecule has 3 heteroatoms. The number of carboxylic acid groups (broad SMARTS) is 1. The molecule has 3 rings (SSSR count). The molecule has 94 valence electrons. The minimum atomic E-state index is -0.752. The lowest BCUT2D eigenvalue weighted by atomic mass is 9.92. The fourth-order valence-electron chi connectivity index (χ4n) is 2.71. The summed E-state index contributed by atoms with van der Waals surface area (Å²) in [6.07, 6.45) is 3.58. The van der Waals surface area contributed by atoms with E-state index in [4.69, 9.17) is 0 Å². The molecule has 0 radical (unpaired) electrons. The quantitative estimate of drug-likeness (QED) is 0.895. The molecule has 0 amide bonds. The number of para-hydroxylation sites is 1. The highest BCUT2D eigenvalue weighted by Gasteiger charge is 2.27. The highest BCUT2D eigenvalue weighted by atomic mass is 16.4. The van der Waals surface area contributed by atoms with E-state index in [0.29, 0.717) is 6.04 Å². The number of hydrogen-bond donors (Lipinski definition) is 1. The van der Waals surface area contributed by atoms with Gasteiger partial charge in [-0.15, -0.1) is 0 Å². The second-order valence-corrected chi connectivity index (χ2v) is 5.14. The Hall–Kier alpha value is -1.77. The van der Waals surface area contributed by atoms with Gasteiger partial charge in [-0.1, -0.05) is 18.2 Å². The standard InChI is InChI=1S/C15H17NO2/c1-10(15(17)18)14-9-11-5-2-3-8-13(11)16(14)12-6-4-7-12/h2-3,5,8-10,12H,4,6-7H2,1H3,(H,17,18). The van der Waals surface area contributed by atoms with E-state index in [1.54, 1.807) is 6.92 Å². The van der Waals surface area contributed by atoms with E-state index in [1.165, 1.54) is 11.9 Å². The Kier molecular flexibility index (Phi) is 2.62. The van der Waals surface area contributed by atoms with Crippen LogP contribution < -0.4 is 0 Å². The van der Waals surface area contributed by atoms with E-state index in [0.717, 1.165) is 23.9 Å². The third-order valence-electron chi connectivity index (χ3n) is 4.03. The van der Waals surface area contributed by atoms with Gasteiger partial charge in [-0.05, 0) is 43.7 Å². The van der Waals surface area contributed by atoms with Crippen LogP contribution in [0.15, 0.2) is 30.3 Å². The zero-order valence-electron chi connectivity index (χ0n) is 10.5. The maximum absolute atomic E-state index is 11.2. The molecule has 3 nitrogen and oxygen atoms in total. The first-order valence-corrected chi connectivity index (χ1v) is 6.51. The topological polar surface area (TPSA) is 42.2 Å². The SMILES string of the molecule is CC(C(=O)O)c1cc2ccccc2n1C1CCC1. The Labute approximate surface area is 106 Å². The first-order chi connectivity index (χ1) is 8.68. The Morgan fingerprint density at radius 2 is 2.11 bits per heavy atom. The monoisotopic (exact) mass is 243 g/mol. The predicted octanol–water partition coefficient (Wildman–Crippen LogP) is 3.55. The summed E-state index contributed by atoms with van der Waals surface area (Å²) in [6.45, 7) is 1.77. The van der Waals surface area contributed by atoms with Gasteiger partial charge in [-0.2, -0.15) is 0 Å². The van der Waals surface area contributed by atoms with Crippen LogP contribution in [0.2, 0.25) is 0 Å². The van der Waals surface area contributed by atoms with Crippen LogP contribution in [0.1, 0.15) is 43.8 Å². The molecular formula is C15H17NO2. The van der Waals surface area contributed by atoms with E-state index >= 15 is 0 Å². The zero-order valence-corrected chi connectivity index (χ0v) is 10.5. The van der Waals surface area contributed by atoms with Gasteiger partial charge in [0.25, 0.3) is 0 Å². The maximum atomic E-state index is 11.2. The summed E-state index contributed by atoms with van der Waals surface area (Å²) in [6, 6.07) is 10.7. The van der Waals surface area contributed by atoms with Crippen molar-refractivity contribution in [2.24, 2.45) is 0 Å². The largest absolute Gasteiger partial charge is 0.481 e. The van der Waals surface area contributed by atoms with Crippen LogP contribution in [0.4, 0.5) is 0 Å². The Morgan fingerprint density at radius 1 is 1.39 bits per heavy atom. The lowest BCUT2D eigenvalue weighted by Crippen LogP contribution is -2.21. The molecule has 1 aliphatic carbocycles. The number of hydrogen-bond acceptors (Lipinski definition) is 1. The van der Waals surface area contributed by atoms with E-state index in [9.17, 15) is 9.90 Å². The molecule has 1 aliphatic rings. The van der Waals surface area contributed by atoms with Crippen molar-refractivity contribution in [3.63, 3.8) is 0 Å². The summed E-state index contributed by atoms with van der Waals surface area (Å²) in [5, 5.41) is 10.4. The van der Waals surface area contributed by atoms with Crippen LogP contribution >= 0.6 is 0 Å². The van der Waals surface area contributed by atoms with Crippen molar-refractivity contribution in [3.8, 4) is 0 Å². The molecule has 0 saturated heterocycles. The maximum Gasteiger partial charge on any atom is 0.312 e. The van der Waals surface area contributed by atoms with Crippen LogP contribution in [-0.4, -0.2) is 15.6 Å². The highest BCUT2D eigenvalue weighted by molar-refractivity contribution is 5.84. The number of carboxylic acids is 1. The molecule has 2 aromatic rings. The van der Waals surface area contributed by atoms with Crippen molar-refractivity contribution in [2.45, 2.75) is 38.1 Å². The molecule has 1 unspecified atom stereocenters. The average molecular weight is 243 g/mol. The Morgan fingerprint density at radius 3 is 2.72 bits per heavy atom. The van der Waals surface area contributed by atoms with Gasteiger partial charge in [-0.3, -0.25) is 4.79 Å². The van der Waals surface area contributed by atoms with Crippen molar-refractivity contribution >= 4 is 16.9 Å². The van der Waals surface area contributed by atoms with Crippen molar-refractivity contribution in [2.75, 3.05) is 0 Å². The summed E-state index contributed by atoms with van der Waals surface area (Å²) < 4.78 is 2.25. The van der Waals surface area contributed by atoms with Crippen molar-refractivity contribution in [1.82, 2.24) is 4.57 Å². The third kappa shape index (κ3) is 1.62. The molecule has 18 heavy (non-hydrogen) atoms. The molecule has 1 aromatic heterocycles. The minimum Gasteiger partial charge on any atom is -0.481 e. The minimum absolute atomic E-state index is 0.446. The molecule has 1 fully saturated rings. The number of aromatic nitrogens is 1. The number of fused-ring (bicyclic) bond motifs is 1. The van der Waals surface area contributed by atoms with Gasteiger partial charge < -0.3 is 9.67 Å². The summed E-state index contributed by atoms with van der Waals surface area (Å²) in [5.41, 5.74) is 2.11. The summed E-state index contributed by atoms with van der Waals surface area (Å²) in [4.78, 5) is 11.2. The highest BCUT2D eigenvalue weighted by Crippen LogP contribution is 2.38. The number of aliphatic carboxylic acids is 1. The van der Waals surface area contributed by atoms with E-state index in [1.807, 2.05) is 18.2 Å². The molecule has 1 N–H and O–H groups in total. The number of rotatable bonds is 3. The van der Waals surface area contributed by atoms with Gasteiger partial charge in [0, 0.05) is 17.3 Å². The molecular weight excluding hydrogens is 226 g/mol. The van der Waals surface area contributed by atoms with Crippen LogP contribution in [0, 0.1) is 0 Å². The molecule has 0 bridgehead atoms. The number of nitrogens with zero attached hydrogens (tertiary/aromatic N) is 1. The predicted molar refractivity (Wildman–Crippen MR) is 70.9 cm³/mol. The fourth-order valence-corrected chi connectivity index (χ4v) is 2.71. The smallest absolute Gasteiger partial charge is 0.312 e. The van der Waals surface area contributed by atoms with Gasteiger partial charge in [0.2, 0.25) is 0 Å². The molecule has 1 aromatic carbocycles. The summed E-state index contributed by atoms with van der Waals surface area (Å²) in [7, 11) is 0. The normalized spacial score (nSPS) is 17.6. The van der Waals surface area contributed by atoms with Gasteiger partial charge in [0.1, 0.15) is 0 Å². The van der Waals surface area contributed by atoms with Gasteiger partial charge in [-0.25, -0.2) is 0 Å². The van der Waals surface area contributed by atoms with Crippen molar-refractivity contribution < 1.29 is 9.90 Å². The van der Waals surface area contributed by atoms with E-state index in [-0.39, 0.29) is 0 Å². The Bertz CT molecular complexity index is 596. The van der Waals surface area contributed by atoms with Crippen LogP contribution in [-0.2, 0) is 4.79 Å². The zero-order chi connectivity index (χ0) is 12.7. The van der Waals surface area contributed by atoms with E-state index < -0.39 is 11.9 Å². The second-order valence-electron chi connectivity index (χ2n) is 5.14. The first kappa shape index (κ1) is 11.3. The number of benzene rings is 1. The van der Waals surface area contributed by atoms with E-state index in [2.05, 4.69) is 16.7 Å². The molecule has 0 spiro atoms. The molecule has 1 saturated carbocycles. The Balaban J connectivity index is 2.19. The molecule has 1 heterocycles. The average Bonchev–Trinajstić information content (AvgIpc) is 2.66. The molecule has 1 atom stereocenters. The van der Waals surface area contributed by atoms with Gasteiger partial charge in [0.05, 0.1) is 5.92 Å². The molecule has 0 aliphatic heterocycles. The van der Waals surface area contributed by atoms with Gasteiger partial charge in [0.15, 0.2) is 0 Å². The third-order valence-corrected chi connectivity index (χ3v) is 4.03. The number of carbonyl (C=O) groups is 1.